The minimum atomic E-state index is -0.446. The van der Waals surface area contributed by atoms with Gasteiger partial charge in [-0.1, -0.05) is 91.0 Å². The van der Waals surface area contributed by atoms with Crippen LogP contribution in [0.4, 0.5) is 0 Å². The number of benzene rings is 4. The van der Waals surface area contributed by atoms with Crippen LogP contribution < -0.4 is 15.9 Å². The second kappa shape index (κ2) is 12.8. The molecule has 0 N–H and O–H groups in total. The molecule has 0 aliphatic carbocycles. The van der Waals surface area contributed by atoms with E-state index in [0.29, 0.717) is 5.56 Å². The Labute approximate surface area is 203 Å². The third kappa shape index (κ3) is 6.79. The zero-order chi connectivity index (χ0) is 22.6. The van der Waals surface area contributed by atoms with E-state index in [1.807, 2.05) is 6.07 Å². The predicted molar refractivity (Wildman–Crippen MR) is 130 cm³/mol. The maximum atomic E-state index is 11.1. The Morgan fingerprint density at radius 1 is 0.719 bits per heavy atom. The molecule has 0 aliphatic heterocycles. The molecule has 4 aromatic rings. The van der Waals surface area contributed by atoms with E-state index >= 15 is 0 Å². The fourth-order valence-electron chi connectivity index (χ4n) is 3.06. The van der Waals surface area contributed by atoms with E-state index in [4.69, 9.17) is 0 Å². The Kier molecular flexibility index (Phi) is 9.51. The summed E-state index contributed by atoms with van der Waals surface area (Å²) in [5.74, 6) is 2.51. The van der Waals surface area contributed by atoms with Crippen LogP contribution in [-0.2, 0) is 25.8 Å². The van der Waals surface area contributed by atoms with Crippen LogP contribution >= 0.6 is 7.92 Å². The molecule has 162 valence electrons. The summed E-state index contributed by atoms with van der Waals surface area (Å²) in [5.41, 5.74) is 1.33. The van der Waals surface area contributed by atoms with Crippen LogP contribution in [0.1, 0.15) is 15.9 Å². The van der Waals surface area contributed by atoms with Crippen LogP contribution in [0.2, 0.25) is 0 Å². The Hall–Kier alpha value is -2.92. The average Bonchev–Trinajstić information content (AvgIpc) is 2.86. The van der Waals surface area contributed by atoms with Gasteiger partial charge in [0.25, 0.3) is 0 Å². The standard InChI is InChI=1S/C18H15P.C10H7O2.Au/c1-4-10-16(11-5-1)19(17-12-6-2-7-13-17)18-14-8-3-9-15-18;1-3-8-5-4-6-9(7-8)10(11)12-2;/h1-15H;4-7H,2H3;. The number of ether oxygens (including phenoxy) is 1. The van der Waals surface area contributed by atoms with E-state index in [1.165, 1.54) is 23.0 Å². The van der Waals surface area contributed by atoms with E-state index < -0.39 is 7.92 Å². The molecule has 4 rings (SSSR count). The van der Waals surface area contributed by atoms with Crippen molar-refractivity contribution >= 4 is 29.8 Å². The summed E-state index contributed by atoms with van der Waals surface area (Å²) in [6, 6.07) is 39.3. The van der Waals surface area contributed by atoms with Crippen molar-refractivity contribution in [3.8, 4) is 10.1 Å². The van der Waals surface area contributed by atoms with Crippen molar-refractivity contribution < 1.29 is 30.6 Å². The summed E-state index contributed by atoms with van der Waals surface area (Å²) in [6.45, 7) is 0. The zero-order valence-corrected chi connectivity index (χ0v) is 20.6. The van der Waals surface area contributed by atoms with Crippen LogP contribution in [0.15, 0.2) is 115 Å². The predicted octanol–water partition coefficient (Wildman–Crippen LogP) is 4.77. The van der Waals surface area contributed by atoms with Crippen LogP contribution in [-0.4, -0.2) is 13.1 Å². The fourth-order valence-corrected chi connectivity index (χ4v) is 5.68. The van der Waals surface area contributed by atoms with Gasteiger partial charge in [0, 0.05) is 0 Å². The Bertz CT molecular complexity index is 1090. The summed E-state index contributed by atoms with van der Waals surface area (Å²) < 4.78 is 7.29. The molecule has 4 heteroatoms. The van der Waals surface area contributed by atoms with E-state index in [9.17, 15) is 4.79 Å². The summed E-state index contributed by atoms with van der Waals surface area (Å²) in [4.78, 5) is 11.1. The monoisotopic (exact) mass is 618 g/mol. The zero-order valence-electron chi connectivity index (χ0n) is 17.5. The molecule has 0 fully saturated rings. The van der Waals surface area contributed by atoms with E-state index in [1.54, 1.807) is 18.2 Å². The summed E-state index contributed by atoms with van der Waals surface area (Å²) in [5, 5.41) is 4.19. The minimum Gasteiger partial charge on any atom is -0.0622 e. The number of methoxy groups -OCH3 is 1. The van der Waals surface area contributed by atoms with Crippen molar-refractivity contribution in [1.29, 1.82) is 0 Å². The smallest absolute Gasteiger partial charge is 0.0134 e. The van der Waals surface area contributed by atoms with Gasteiger partial charge in [-0.05, 0) is 23.8 Å². The summed E-state index contributed by atoms with van der Waals surface area (Å²) >= 11 is 2.12. The van der Waals surface area contributed by atoms with Gasteiger partial charge in [0.1, 0.15) is 0 Å². The van der Waals surface area contributed by atoms with Crippen LogP contribution in [0.25, 0.3) is 0 Å². The molecule has 32 heavy (non-hydrogen) atoms. The minimum absolute atomic E-state index is 0.338. The molecule has 0 saturated carbocycles. The van der Waals surface area contributed by atoms with Crippen molar-refractivity contribution in [1.82, 2.24) is 0 Å². The van der Waals surface area contributed by atoms with E-state index in [2.05, 4.69) is 127 Å². The number of hydrogen-bond acceptors (Lipinski definition) is 2. The van der Waals surface area contributed by atoms with Gasteiger partial charge in [0.15, 0.2) is 0 Å². The molecule has 2 nitrogen and oxygen atoms in total. The van der Waals surface area contributed by atoms with E-state index in [-0.39, 0.29) is 5.97 Å². The molecule has 0 saturated heterocycles. The van der Waals surface area contributed by atoms with Crippen molar-refractivity contribution in [2.24, 2.45) is 0 Å². The van der Waals surface area contributed by atoms with E-state index in [0.717, 1.165) is 5.56 Å². The normalized spacial score (nSPS) is 9.75. The molecule has 0 aromatic heterocycles. The molecule has 0 radical (unpaired) electrons. The van der Waals surface area contributed by atoms with Gasteiger partial charge in [0.2, 0.25) is 0 Å². The van der Waals surface area contributed by atoms with Crippen molar-refractivity contribution in [3.05, 3.63) is 126 Å². The Morgan fingerprint density at radius 2 is 1.19 bits per heavy atom. The first-order chi connectivity index (χ1) is 15.7. The summed E-state index contributed by atoms with van der Waals surface area (Å²) in [7, 11) is 0.913. The van der Waals surface area contributed by atoms with Crippen molar-refractivity contribution in [3.63, 3.8) is 0 Å². The number of carbonyl (C=O) groups is 1. The average molecular weight is 618 g/mol. The second-order valence-electron chi connectivity index (χ2n) is 6.61. The molecular weight excluding hydrogens is 596 g/mol. The maximum Gasteiger partial charge on any atom is -0.0134 e. The van der Waals surface area contributed by atoms with Gasteiger partial charge in [-0.2, -0.15) is 0 Å². The quantitative estimate of drug-likeness (QED) is 0.143. The fraction of sp³-hybridized carbons (Fsp3) is 0.0357. The summed E-state index contributed by atoms with van der Waals surface area (Å²) in [6.07, 6.45) is 0. The number of esters is 1. The van der Waals surface area contributed by atoms with Gasteiger partial charge in [-0.15, -0.1) is 0 Å². The van der Waals surface area contributed by atoms with Gasteiger partial charge >= 0.3 is 89.1 Å². The van der Waals surface area contributed by atoms with Gasteiger partial charge in [0.05, 0.1) is 0 Å². The molecule has 0 bridgehead atoms. The molecule has 0 aliphatic rings. The second-order valence-corrected chi connectivity index (χ2v) is 9.38. The van der Waals surface area contributed by atoms with Gasteiger partial charge < -0.3 is 0 Å². The van der Waals surface area contributed by atoms with Crippen LogP contribution in [0, 0.1) is 10.1 Å². The third-order valence-electron chi connectivity index (χ3n) is 4.51. The molecule has 0 atom stereocenters. The third-order valence-corrected chi connectivity index (χ3v) is 7.22. The number of rotatable bonds is 4. The van der Waals surface area contributed by atoms with Crippen molar-refractivity contribution in [2.45, 2.75) is 0 Å². The topological polar surface area (TPSA) is 26.3 Å². The first-order valence-electron chi connectivity index (χ1n) is 9.94. The van der Waals surface area contributed by atoms with Gasteiger partial charge in [-0.25, -0.2) is 0 Å². The number of carbonyl (C=O) groups excluding carboxylic acids is 1. The molecule has 0 spiro atoms. The largest absolute Gasteiger partial charge is 0.0622 e. The molecule has 0 unspecified atom stereocenters. The molecular formula is C28H22AuO2P. The molecule has 4 aromatic carbocycles. The van der Waals surface area contributed by atoms with Crippen LogP contribution in [0.5, 0.6) is 0 Å². The van der Waals surface area contributed by atoms with Crippen LogP contribution in [0.3, 0.4) is 0 Å². The maximum absolute atomic E-state index is 11.1. The first-order valence-corrected chi connectivity index (χ1v) is 12.4. The van der Waals surface area contributed by atoms with Gasteiger partial charge in [-0.3, -0.25) is 0 Å². The first kappa shape index (κ1) is 23.7. The molecule has 0 heterocycles. The molecule has 0 amide bonds. The number of hydrogen-bond donors (Lipinski definition) is 0. The Morgan fingerprint density at radius 3 is 1.59 bits per heavy atom. The SMILES string of the molecule is COC(=O)c1cccc(C#[C][Au])c1.c1ccc(P(c2ccccc2)c2ccccc2)cc1. The van der Waals surface area contributed by atoms with Crippen molar-refractivity contribution in [2.75, 3.05) is 7.11 Å². The Balaban J connectivity index is 0.000000195.